The summed E-state index contributed by atoms with van der Waals surface area (Å²) in [5.74, 6) is 0.0163. The number of aromatic nitrogens is 1. The number of hydrogen-bond donors (Lipinski definition) is 2. The van der Waals surface area contributed by atoms with Crippen LogP contribution in [0.3, 0.4) is 0 Å². The van der Waals surface area contributed by atoms with E-state index in [4.69, 9.17) is 5.11 Å². The summed E-state index contributed by atoms with van der Waals surface area (Å²) in [5.41, 5.74) is 5.00. The first-order valence-electron chi connectivity index (χ1n) is 12.7. The zero-order chi connectivity index (χ0) is 27.5. The van der Waals surface area contributed by atoms with Gasteiger partial charge in [0, 0.05) is 26.6 Å². The van der Waals surface area contributed by atoms with E-state index in [2.05, 4.69) is 60.2 Å². The Bertz CT molecular complexity index is 935. The summed E-state index contributed by atoms with van der Waals surface area (Å²) in [6.45, 7) is 13.5. The van der Waals surface area contributed by atoms with Gasteiger partial charge in [-0.25, -0.2) is 4.98 Å². The number of likely N-dealkylation sites (tertiary alicyclic amines) is 1. The number of thiazole rings is 1. The molecule has 3 rings (SSSR count). The molecule has 0 radical (unpaired) electrons. The standard InChI is InChI=1S/C25H36N4O2S.C2H6.CH4O/c1-17-23(32-16-26-17)19-11-9-18(10-12-19)20(15-28(5)6)27-24(31)21-8-7-13-29(21)22(30)14-25(2,3)4;2*1-2/h9-12,16,20-21H,7-8,13-15H2,1-6H3,(H,27,31);1-2H3;2H,1H3. The molecule has 0 spiro atoms. The van der Waals surface area contributed by atoms with Crippen LogP contribution in [0.1, 0.15) is 71.2 Å². The second-order valence-electron chi connectivity index (χ2n) is 10.2. The van der Waals surface area contributed by atoms with E-state index < -0.39 is 0 Å². The highest BCUT2D eigenvalue weighted by atomic mass is 32.1. The van der Waals surface area contributed by atoms with Crippen LogP contribution in [0.5, 0.6) is 0 Å². The number of carbonyl (C=O) groups excluding carboxylic acids is 2. The fourth-order valence-corrected chi connectivity index (χ4v) is 5.02. The van der Waals surface area contributed by atoms with Gasteiger partial charge in [-0.3, -0.25) is 9.59 Å². The third-order valence-electron chi connectivity index (χ3n) is 5.74. The Morgan fingerprint density at radius 1 is 1.19 bits per heavy atom. The molecule has 2 amide bonds. The fourth-order valence-electron chi connectivity index (χ4n) is 4.21. The van der Waals surface area contributed by atoms with Crippen molar-refractivity contribution in [1.82, 2.24) is 20.1 Å². The van der Waals surface area contributed by atoms with Gasteiger partial charge in [-0.15, -0.1) is 11.3 Å². The van der Waals surface area contributed by atoms with Gasteiger partial charge in [-0.2, -0.15) is 0 Å². The van der Waals surface area contributed by atoms with Gasteiger partial charge < -0.3 is 20.2 Å². The third-order valence-corrected chi connectivity index (χ3v) is 6.72. The van der Waals surface area contributed by atoms with E-state index in [0.29, 0.717) is 19.5 Å². The number of aliphatic hydroxyl groups is 1. The normalized spacial score (nSPS) is 16.0. The summed E-state index contributed by atoms with van der Waals surface area (Å²) in [7, 11) is 5.01. The molecule has 0 bridgehead atoms. The van der Waals surface area contributed by atoms with Crippen LogP contribution in [0.4, 0.5) is 0 Å². The molecule has 2 aromatic rings. The van der Waals surface area contributed by atoms with Crippen molar-refractivity contribution in [3.05, 3.63) is 41.0 Å². The van der Waals surface area contributed by atoms with Crippen molar-refractivity contribution in [2.75, 3.05) is 34.3 Å². The average Bonchev–Trinajstić information content (AvgIpc) is 3.49. The largest absolute Gasteiger partial charge is 0.400 e. The van der Waals surface area contributed by atoms with E-state index in [1.165, 1.54) is 4.88 Å². The first kappa shape index (κ1) is 31.7. The lowest BCUT2D eigenvalue weighted by molar-refractivity contribution is -0.140. The number of nitrogens with one attached hydrogen (secondary N) is 1. The van der Waals surface area contributed by atoms with Gasteiger partial charge in [0.1, 0.15) is 6.04 Å². The first-order valence-corrected chi connectivity index (χ1v) is 13.6. The van der Waals surface area contributed by atoms with Crippen LogP contribution in [-0.2, 0) is 9.59 Å². The molecule has 2 N–H and O–H groups in total. The van der Waals surface area contributed by atoms with Gasteiger partial charge >= 0.3 is 0 Å². The predicted molar refractivity (Wildman–Crippen MR) is 150 cm³/mol. The zero-order valence-corrected chi connectivity index (χ0v) is 24.4. The maximum atomic E-state index is 13.3. The lowest BCUT2D eigenvalue weighted by Gasteiger charge is -2.30. The quantitative estimate of drug-likeness (QED) is 0.545. The summed E-state index contributed by atoms with van der Waals surface area (Å²) in [6.07, 6.45) is 2.05. The molecule has 1 aliphatic heterocycles. The van der Waals surface area contributed by atoms with Crippen LogP contribution in [0.15, 0.2) is 29.8 Å². The molecule has 1 aromatic heterocycles. The van der Waals surface area contributed by atoms with Gasteiger partial charge in [0.15, 0.2) is 0 Å². The van der Waals surface area contributed by atoms with Gasteiger partial charge in [-0.05, 0) is 50.4 Å². The van der Waals surface area contributed by atoms with Gasteiger partial charge in [0.05, 0.1) is 22.1 Å². The number of aryl methyl sites for hydroxylation is 1. The Kier molecular flexibility index (Phi) is 13.3. The number of likely N-dealkylation sites (N-methyl/N-ethyl adjacent to an activating group) is 1. The minimum absolute atomic E-state index is 0.0565. The highest BCUT2D eigenvalue weighted by Gasteiger charge is 2.36. The Balaban J connectivity index is 0.00000154. The van der Waals surface area contributed by atoms with E-state index in [1.807, 2.05) is 40.4 Å². The van der Waals surface area contributed by atoms with Crippen molar-refractivity contribution in [3.63, 3.8) is 0 Å². The maximum absolute atomic E-state index is 13.3. The van der Waals surface area contributed by atoms with Crippen molar-refractivity contribution in [3.8, 4) is 10.4 Å². The number of nitrogens with zero attached hydrogens (tertiary/aromatic N) is 3. The molecule has 202 valence electrons. The monoisotopic (exact) mass is 518 g/mol. The SMILES string of the molecule is CC.CO.Cc1ncsc1-c1ccc(C(CN(C)C)NC(=O)C2CCCN2C(=O)CC(C)(C)C)cc1. The predicted octanol–water partition coefficient (Wildman–Crippen LogP) is 4.90. The van der Waals surface area contributed by atoms with Crippen LogP contribution < -0.4 is 5.32 Å². The lowest BCUT2D eigenvalue weighted by atomic mass is 9.91. The summed E-state index contributed by atoms with van der Waals surface area (Å²) in [5, 5.41) is 10.2. The average molecular weight is 519 g/mol. The summed E-state index contributed by atoms with van der Waals surface area (Å²) >= 11 is 1.64. The van der Waals surface area contributed by atoms with Crippen molar-refractivity contribution >= 4 is 23.2 Å². The molecule has 2 unspecified atom stereocenters. The van der Waals surface area contributed by atoms with Crippen LogP contribution in [0.2, 0.25) is 0 Å². The molecule has 1 aromatic carbocycles. The molecular weight excluding hydrogens is 472 g/mol. The highest BCUT2D eigenvalue weighted by Crippen LogP contribution is 2.29. The first-order chi connectivity index (χ1) is 17.0. The summed E-state index contributed by atoms with van der Waals surface area (Å²) < 4.78 is 0. The van der Waals surface area contributed by atoms with Crippen molar-refractivity contribution in [1.29, 1.82) is 0 Å². The minimum Gasteiger partial charge on any atom is -0.400 e. The molecule has 0 saturated carbocycles. The Hall–Kier alpha value is -2.29. The van der Waals surface area contributed by atoms with Crippen LogP contribution in [0.25, 0.3) is 10.4 Å². The molecule has 2 atom stereocenters. The van der Waals surface area contributed by atoms with Gasteiger partial charge in [-0.1, -0.05) is 58.9 Å². The minimum atomic E-state index is -0.381. The number of carbonyl (C=O) groups is 2. The van der Waals surface area contributed by atoms with Crippen molar-refractivity contribution in [2.24, 2.45) is 5.41 Å². The van der Waals surface area contributed by atoms with E-state index in [9.17, 15) is 9.59 Å². The van der Waals surface area contributed by atoms with Crippen LogP contribution in [-0.4, -0.2) is 72.0 Å². The number of benzene rings is 1. The molecule has 8 heteroatoms. The Morgan fingerprint density at radius 3 is 2.31 bits per heavy atom. The molecule has 2 heterocycles. The van der Waals surface area contributed by atoms with E-state index in [1.54, 1.807) is 16.2 Å². The Morgan fingerprint density at radius 2 is 1.81 bits per heavy atom. The van der Waals surface area contributed by atoms with E-state index >= 15 is 0 Å². The second-order valence-corrected chi connectivity index (χ2v) is 11.0. The topological polar surface area (TPSA) is 85.8 Å². The number of amides is 2. The molecule has 1 aliphatic rings. The number of aliphatic hydroxyl groups excluding tert-OH is 1. The molecule has 0 aliphatic carbocycles. The van der Waals surface area contributed by atoms with Gasteiger partial charge in [0.25, 0.3) is 0 Å². The van der Waals surface area contributed by atoms with E-state index in [0.717, 1.165) is 36.8 Å². The highest BCUT2D eigenvalue weighted by molar-refractivity contribution is 7.13. The molecule has 1 saturated heterocycles. The number of rotatable bonds is 7. The van der Waals surface area contributed by atoms with E-state index in [-0.39, 0.29) is 29.3 Å². The zero-order valence-electron chi connectivity index (χ0n) is 23.6. The third kappa shape index (κ3) is 9.30. The number of hydrogen-bond acceptors (Lipinski definition) is 6. The van der Waals surface area contributed by atoms with Gasteiger partial charge in [0.2, 0.25) is 11.8 Å². The summed E-state index contributed by atoms with van der Waals surface area (Å²) in [6, 6.07) is 7.84. The second kappa shape index (κ2) is 15.1. The molecule has 1 fully saturated rings. The molecule has 36 heavy (non-hydrogen) atoms. The van der Waals surface area contributed by atoms with Crippen molar-refractivity contribution < 1.29 is 14.7 Å². The summed E-state index contributed by atoms with van der Waals surface area (Å²) in [4.78, 5) is 35.4. The molecular formula is C28H46N4O3S. The fraction of sp³-hybridized carbons (Fsp3) is 0.607. The molecule has 7 nitrogen and oxygen atoms in total. The Labute approximate surface area is 221 Å². The maximum Gasteiger partial charge on any atom is 0.243 e. The lowest BCUT2D eigenvalue weighted by Crippen LogP contribution is -2.48. The van der Waals surface area contributed by atoms with Crippen LogP contribution in [0, 0.1) is 12.3 Å². The smallest absolute Gasteiger partial charge is 0.243 e. The van der Waals surface area contributed by atoms with Crippen LogP contribution >= 0.6 is 11.3 Å². The van der Waals surface area contributed by atoms with Crippen molar-refractivity contribution in [2.45, 2.75) is 72.9 Å².